The van der Waals surface area contributed by atoms with Crippen LogP contribution in [0.1, 0.15) is 12.0 Å². The van der Waals surface area contributed by atoms with Crippen molar-refractivity contribution in [1.82, 2.24) is 4.90 Å². The first-order chi connectivity index (χ1) is 12.9. The van der Waals surface area contributed by atoms with Crippen LogP contribution in [0, 0.1) is 10.1 Å². The highest BCUT2D eigenvalue weighted by Crippen LogP contribution is 2.23. The second-order valence-corrected chi connectivity index (χ2v) is 5.72. The molecule has 0 radical (unpaired) electrons. The van der Waals surface area contributed by atoms with Crippen molar-refractivity contribution in [2.24, 2.45) is 0 Å². The van der Waals surface area contributed by atoms with Crippen molar-refractivity contribution >= 4 is 17.3 Å². The third-order valence-corrected chi connectivity index (χ3v) is 3.75. The van der Waals surface area contributed by atoms with Crippen LogP contribution in [0.2, 0.25) is 0 Å². The van der Waals surface area contributed by atoms with Gasteiger partial charge in [-0.15, -0.1) is 0 Å². The Morgan fingerprint density at radius 3 is 2.52 bits per heavy atom. The Kier molecular flexibility index (Phi) is 7.04. The molecule has 1 amide bonds. The SMILES string of the molecule is CN(Cc1ccc(OC(F)F)cc1)C(=O)CCNc1ccccc1[N+](=O)[O-]. The number of hydrogen-bond donors (Lipinski definition) is 1. The molecule has 2 rings (SSSR count). The molecule has 0 spiro atoms. The number of amides is 1. The molecule has 0 heterocycles. The molecular weight excluding hydrogens is 360 g/mol. The minimum atomic E-state index is -2.88. The lowest BCUT2D eigenvalue weighted by Crippen LogP contribution is -2.27. The maximum absolute atomic E-state index is 12.2. The monoisotopic (exact) mass is 379 g/mol. The summed E-state index contributed by atoms with van der Waals surface area (Å²) in [5, 5.41) is 13.8. The summed E-state index contributed by atoms with van der Waals surface area (Å²) in [5.41, 5.74) is 1.07. The van der Waals surface area contributed by atoms with E-state index in [0.29, 0.717) is 12.2 Å². The van der Waals surface area contributed by atoms with Crippen LogP contribution in [0.25, 0.3) is 0 Å². The Bertz CT molecular complexity index is 784. The molecule has 0 atom stereocenters. The second-order valence-electron chi connectivity index (χ2n) is 5.72. The summed E-state index contributed by atoms with van der Waals surface area (Å²) in [4.78, 5) is 24.2. The molecule has 7 nitrogen and oxygen atoms in total. The number of hydrogen-bond acceptors (Lipinski definition) is 5. The van der Waals surface area contributed by atoms with Crippen LogP contribution in [0.4, 0.5) is 20.2 Å². The van der Waals surface area contributed by atoms with Gasteiger partial charge in [-0.25, -0.2) is 0 Å². The number of carbonyl (C=O) groups is 1. The molecule has 0 bridgehead atoms. The third-order valence-electron chi connectivity index (χ3n) is 3.75. The third kappa shape index (κ3) is 6.21. The normalized spacial score (nSPS) is 10.5. The first kappa shape index (κ1) is 20.1. The smallest absolute Gasteiger partial charge is 0.387 e. The van der Waals surface area contributed by atoms with E-state index in [1.54, 1.807) is 37.4 Å². The number of para-hydroxylation sites is 2. The molecule has 27 heavy (non-hydrogen) atoms. The number of nitro benzene ring substituents is 1. The van der Waals surface area contributed by atoms with Crippen LogP contribution in [0.15, 0.2) is 48.5 Å². The first-order valence-electron chi connectivity index (χ1n) is 8.12. The van der Waals surface area contributed by atoms with Crippen molar-refractivity contribution in [2.45, 2.75) is 19.6 Å². The van der Waals surface area contributed by atoms with Crippen LogP contribution < -0.4 is 10.1 Å². The highest BCUT2D eigenvalue weighted by Gasteiger charge is 2.14. The van der Waals surface area contributed by atoms with E-state index >= 15 is 0 Å². The zero-order chi connectivity index (χ0) is 19.8. The van der Waals surface area contributed by atoms with Gasteiger partial charge in [0.25, 0.3) is 5.69 Å². The summed E-state index contributed by atoms with van der Waals surface area (Å²) in [5.74, 6) is -0.106. The fourth-order valence-electron chi connectivity index (χ4n) is 2.42. The largest absolute Gasteiger partial charge is 0.435 e. The van der Waals surface area contributed by atoms with Gasteiger partial charge >= 0.3 is 6.61 Å². The van der Waals surface area contributed by atoms with Gasteiger partial charge in [0.1, 0.15) is 11.4 Å². The molecule has 1 N–H and O–H groups in total. The number of carbonyl (C=O) groups excluding carboxylic acids is 1. The van der Waals surface area contributed by atoms with Gasteiger partial charge in [-0.3, -0.25) is 14.9 Å². The molecular formula is C18H19F2N3O4. The Labute approximate surface area is 154 Å². The van der Waals surface area contributed by atoms with Crippen LogP contribution in [-0.4, -0.2) is 35.9 Å². The number of ether oxygens (including phenoxy) is 1. The van der Waals surface area contributed by atoms with Crippen LogP contribution in [0.3, 0.4) is 0 Å². The summed E-state index contributed by atoms with van der Waals surface area (Å²) in [6.07, 6.45) is 0.148. The van der Waals surface area contributed by atoms with Crippen molar-refractivity contribution in [2.75, 3.05) is 18.9 Å². The van der Waals surface area contributed by atoms with Gasteiger partial charge in [-0.05, 0) is 23.8 Å². The number of benzene rings is 2. The predicted octanol–water partition coefficient (Wildman–Crippen LogP) is 3.66. The average Bonchev–Trinajstić information content (AvgIpc) is 2.63. The van der Waals surface area contributed by atoms with E-state index in [1.165, 1.54) is 23.1 Å². The van der Waals surface area contributed by atoms with E-state index < -0.39 is 11.5 Å². The van der Waals surface area contributed by atoms with Gasteiger partial charge in [0.15, 0.2) is 0 Å². The lowest BCUT2D eigenvalue weighted by atomic mass is 10.2. The molecule has 0 saturated heterocycles. The number of alkyl halides is 2. The standard InChI is InChI=1S/C18H19F2N3O4/c1-22(12-13-6-8-14(9-7-13)27-18(19)20)17(24)10-11-21-15-4-2-3-5-16(15)23(25)26/h2-9,18,21H,10-12H2,1H3. The topological polar surface area (TPSA) is 84.7 Å². The molecule has 2 aromatic rings. The van der Waals surface area contributed by atoms with Crippen molar-refractivity contribution in [1.29, 1.82) is 0 Å². The summed E-state index contributed by atoms with van der Waals surface area (Å²) in [6, 6.07) is 12.2. The summed E-state index contributed by atoms with van der Waals surface area (Å²) in [7, 11) is 1.62. The molecule has 0 saturated carbocycles. The molecule has 144 valence electrons. The zero-order valence-electron chi connectivity index (χ0n) is 14.6. The number of nitrogens with zero attached hydrogens (tertiary/aromatic N) is 2. The van der Waals surface area contributed by atoms with E-state index in [4.69, 9.17) is 0 Å². The van der Waals surface area contributed by atoms with Crippen molar-refractivity contribution in [3.8, 4) is 5.75 Å². The molecule has 0 aliphatic carbocycles. The van der Waals surface area contributed by atoms with Gasteiger partial charge in [0, 0.05) is 32.6 Å². The molecule has 0 fully saturated rings. The molecule has 0 aromatic heterocycles. The Hall–Kier alpha value is -3.23. The Morgan fingerprint density at radius 2 is 1.89 bits per heavy atom. The van der Waals surface area contributed by atoms with Gasteiger partial charge in [0.05, 0.1) is 4.92 Å². The van der Waals surface area contributed by atoms with Crippen LogP contribution in [-0.2, 0) is 11.3 Å². The predicted molar refractivity (Wildman–Crippen MR) is 95.8 cm³/mol. The van der Waals surface area contributed by atoms with Gasteiger partial charge < -0.3 is 15.0 Å². The number of anilines is 1. The minimum Gasteiger partial charge on any atom is -0.435 e. The average molecular weight is 379 g/mol. The summed E-state index contributed by atoms with van der Waals surface area (Å²) < 4.78 is 28.5. The van der Waals surface area contributed by atoms with Crippen LogP contribution >= 0.6 is 0 Å². The number of nitrogens with one attached hydrogen (secondary N) is 1. The van der Waals surface area contributed by atoms with Crippen molar-refractivity contribution in [3.05, 3.63) is 64.2 Å². The first-order valence-corrected chi connectivity index (χ1v) is 8.12. The van der Waals surface area contributed by atoms with Crippen LogP contribution in [0.5, 0.6) is 5.75 Å². The van der Waals surface area contributed by atoms with Crippen molar-refractivity contribution < 1.29 is 23.2 Å². The Morgan fingerprint density at radius 1 is 1.22 bits per heavy atom. The van der Waals surface area contributed by atoms with E-state index in [-0.39, 0.29) is 30.3 Å². The summed E-state index contributed by atoms with van der Waals surface area (Å²) in [6.45, 7) is -2.33. The number of nitro groups is 1. The maximum atomic E-state index is 12.2. The van der Waals surface area contributed by atoms with E-state index in [1.807, 2.05) is 0 Å². The van der Waals surface area contributed by atoms with E-state index in [2.05, 4.69) is 10.1 Å². The minimum absolute atomic E-state index is 0.0515. The maximum Gasteiger partial charge on any atom is 0.387 e. The van der Waals surface area contributed by atoms with Gasteiger partial charge in [-0.2, -0.15) is 8.78 Å². The molecule has 2 aromatic carbocycles. The molecule has 0 unspecified atom stereocenters. The van der Waals surface area contributed by atoms with Gasteiger partial charge in [-0.1, -0.05) is 24.3 Å². The number of rotatable bonds is 9. The lowest BCUT2D eigenvalue weighted by Gasteiger charge is -2.18. The molecule has 9 heteroatoms. The van der Waals surface area contributed by atoms with E-state index in [0.717, 1.165) is 5.56 Å². The fraction of sp³-hybridized carbons (Fsp3) is 0.278. The lowest BCUT2D eigenvalue weighted by molar-refractivity contribution is -0.384. The molecule has 0 aliphatic rings. The second kappa shape index (κ2) is 9.46. The zero-order valence-corrected chi connectivity index (χ0v) is 14.6. The molecule has 0 aliphatic heterocycles. The van der Waals surface area contributed by atoms with E-state index in [9.17, 15) is 23.7 Å². The quantitative estimate of drug-likeness (QED) is 0.531. The number of halogens is 2. The Balaban J connectivity index is 1.83. The van der Waals surface area contributed by atoms with Crippen molar-refractivity contribution in [3.63, 3.8) is 0 Å². The summed E-state index contributed by atoms with van der Waals surface area (Å²) >= 11 is 0. The highest BCUT2D eigenvalue weighted by molar-refractivity contribution is 5.76. The van der Waals surface area contributed by atoms with Gasteiger partial charge in [0.2, 0.25) is 5.91 Å². The highest BCUT2D eigenvalue weighted by atomic mass is 19.3. The fourth-order valence-corrected chi connectivity index (χ4v) is 2.42.